The van der Waals surface area contributed by atoms with Gasteiger partial charge in [-0.15, -0.1) is 0 Å². The number of aliphatic hydroxyl groups is 1. The molecule has 0 amide bonds. The van der Waals surface area contributed by atoms with Gasteiger partial charge in [0.05, 0.1) is 0 Å². The Hall–Kier alpha value is -1.65. The third-order valence-electron chi connectivity index (χ3n) is 6.41. The van der Waals surface area contributed by atoms with Crippen molar-refractivity contribution in [1.29, 1.82) is 0 Å². The number of fused-ring (bicyclic) bond motifs is 2. The molecule has 4 rings (SSSR count). The highest BCUT2D eigenvalue weighted by molar-refractivity contribution is 5.85. The van der Waals surface area contributed by atoms with Gasteiger partial charge in [0.15, 0.2) is 0 Å². The van der Waals surface area contributed by atoms with Crippen LogP contribution in [0.1, 0.15) is 44.1 Å². The fourth-order valence-corrected chi connectivity index (χ4v) is 5.14. The normalized spacial score (nSPS) is 31.2. The van der Waals surface area contributed by atoms with Gasteiger partial charge in [0, 0.05) is 24.9 Å². The second-order valence-corrected chi connectivity index (χ2v) is 8.24. The van der Waals surface area contributed by atoms with Gasteiger partial charge < -0.3 is 14.7 Å². The van der Waals surface area contributed by atoms with Gasteiger partial charge in [0.25, 0.3) is 0 Å². The molecule has 1 aliphatic heterocycles. The summed E-state index contributed by atoms with van der Waals surface area (Å²) < 4.78 is 6.08. The summed E-state index contributed by atoms with van der Waals surface area (Å²) in [4.78, 5) is 15.7. The molecule has 1 N–H and O–H groups in total. The van der Waals surface area contributed by atoms with E-state index in [0.717, 1.165) is 50.8 Å². The molecule has 4 nitrogen and oxygen atoms in total. The van der Waals surface area contributed by atoms with Gasteiger partial charge in [-0.2, -0.15) is 0 Å². The van der Waals surface area contributed by atoms with E-state index in [9.17, 15) is 9.90 Å². The lowest BCUT2D eigenvalue weighted by Crippen LogP contribution is -2.53. The average Bonchev–Trinajstić information content (AvgIpc) is 3.17. The van der Waals surface area contributed by atoms with Crippen molar-refractivity contribution in [3.8, 4) is 0 Å². The molecule has 140 valence electrons. The van der Waals surface area contributed by atoms with Crippen LogP contribution in [-0.2, 0) is 15.1 Å². The summed E-state index contributed by atoms with van der Waals surface area (Å²) in [5, 5.41) is 11.5. The Kier molecular flexibility index (Phi) is 4.89. The summed E-state index contributed by atoms with van der Waals surface area (Å²) >= 11 is 0. The molecule has 2 fully saturated rings. The van der Waals surface area contributed by atoms with Crippen LogP contribution in [0.3, 0.4) is 0 Å². The highest BCUT2D eigenvalue weighted by Gasteiger charge is 2.48. The first kappa shape index (κ1) is 17.7. The smallest absolute Gasteiger partial charge is 0.347 e. The van der Waals surface area contributed by atoms with Crippen LogP contribution in [0.25, 0.3) is 0 Å². The SMILES string of the molecule is CN1CC2CCCC(C1)C2OC(=O)[C@@](O)(C1=CCCC1)c1ccccc1. The second-order valence-electron chi connectivity index (χ2n) is 8.24. The second kappa shape index (κ2) is 7.16. The number of carbonyl (C=O) groups excluding carboxylic acids is 1. The molecule has 0 spiro atoms. The Morgan fingerprint density at radius 2 is 1.85 bits per heavy atom. The van der Waals surface area contributed by atoms with E-state index in [-0.39, 0.29) is 6.10 Å². The van der Waals surface area contributed by atoms with Crippen molar-refractivity contribution in [2.75, 3.05) is 20.1 Å². The van der Waals surface area contributed by atoms with Crippen LogP contribution in [0.4, 0.5) is 0 Å². The molecule has 1 aromatic carbocycles. The van der Waals surface area contributed by atoms with Gasteiger partial charge in [-0.05, 0) is 50.3 Å². The molecule has 2 aliphatic carbocycles. The molecule has 1 saturated heterocycles. The third kappa shape index (κ3) is 3.10. The number of benzene rings is 1. The standard InChI is InChI=1S/C22H29NO3/c1-23-14-16-8-7-9-17(15-23)20(16)26-21(24)22(25,19-12-5-6-13-19)18-10-3-2-4-11-18/h2-4,10-12,16-17,20,25H,5-9,13-15H2,1H3/t16?,17?,20?,22-/m0/s1. The van der Waals surface area contributed by atoms with E-state index < -0.39 is 11.6 Å². The van der Waals surface area contributed by atoms with Gasteiger partial charge >= 0.3 is 5.97 Å². The molecular formula is C22H29NO3. The predicted molar refractivity (Wildman–Crippen MR) is 100 cm³/mol. The minimum Gasteiger partial charge on any atom is -0.459 e. The Morgan fingerprint density at radius 1 is 1.15 bits per heavy atom. The van der Waals surface area contributed by atoms with E-state index in [1.54, 1.807) is 0 Å². The Morgan fingerprint density at radius 3 is 2.46 bits per heavy atom. The zero-order valence-corrected chi connectivity index (χ0v) is 15.6. The first-order chi connectivity index (χ1) is 12.6. The van der Waals surface area contributed by atoms with Crippen molar-refractivity contribution >= 4 is 5.97 Å². The van der Waals surface area contributed by atoms with Gasteiger partial charge in [-0.1, -0.05) is 42.8 Å². The largest absolute Gasteiger partial charge is 0.459 e. The summed E-state index contributed by atoms with van der Waals surface area (Å²) in [7, 11) is 2.15. The quantitative estimate of drug-likeness (QED) is 0.665. The Labute approximate surface area is 155 Å². The first-order valence-corrected chi connectivity index (χ1v) is 9.96. The van der Waals surface area contributed by atoms with Crippen molar-refractivity contribution in [3.05, 3.63) is 47.5 Å². The highest BCUT2D eigenvalue weighted by atomic mass is 16.6. The minimum absolute atomic E-state index is 0.0651. The van der Waals surface area contributed by atoms with Crippen LogP contribution in [0.2, 0.25) is 0 Å². The maximum atomic E-state index is 13.3. The maximum absolute atomic E-state index is 13.3. The number of ether oxygens (including phenoxy) is 1. The number of nitrogens with zero attached hydrogens (tertiary/aromatic N) is 1. The fraction of sp³-hybridized carbons (Fsp3) is 0.591. The summed E-state index contributed by atoms with van der Waals surface area (Å²) in [6.07, 6.45) is 8.02. The summed E-state index contributed by atoms with van der Waals surface area (Å²) in [6, 6.07) is 9.30. The van der Waals surface area contributed by atoms with Gasteiger partial charge in [0.2, 0.25) is 5.60 Å². The summed E-state index contributed by atoms with van der Waals surface area (Å²) in [5.74, 6) is 0.284. The van der Waals surface area contributed by atoms with Crippen LogP contribution in [0.5, 0.6) is 0 Å². The number of piperidine rings is 1. The van der Waals surface area contributed by atoms with Gasteiger partial charge in [0.1, 0.15) is 6.10 Å². The van der Waals surface area contributed by atoms with Gasteiger partial charge in [-0.3, -0.25) is 0 Å². The van der Waals surface area contributed by atoms with E-state index in [0.29, 0.717) is 17.4 Å². The number of allylic oxidation sites excluding steroid dienone is 1. The zero-order valence-electron chi connectivity index (χ0n) is 15.6. The number of hydrogen-bond donors (Lipinski definition) is 1. The highest BCUT2D eigenvalue weighted by Crippen LogP contribution is 2.41. The topological polar surface area (TPSA) is 49.8 Å². The number of hydrogen-bond acceptors (Lipinski definition) is 4. The van der Waals surface area contributed by atoms with E-state index in [2.05, 4.69) is 11.9 Å². The lowest BCUT2D eigenvalue weighted by molar-refractivity contribution is -0.181. The molecule has 3 aliphatic rings. The third-order valence-corrected chi connectivity index (χ3v) is 6.41. The molecule has 1 heterocycles. The van der Waals surface area contributed by atoms with Crippen LogP contribution >= 0.6 is 0 Å². The molecular weight excluding hydrogens is 326 g/mol. The number of rotatable bonds is 4. The Bertz CT molecular complexity index is 672. The fourth-order valence-electron chi connectivity index (χ4n) is 5.14. The Balaban J connectivity index is 1.61. The zero-order chi connectivity index (χ0) is 18.1. The molecule has 0 aromatic heterocycles. The molecule has 3 atom stereocenters. The summed E-state index contributed by atoms with van der Waals surface area (Å²) in [6.45, 7) is 1.95. The number of carbonyl (C=O) groups is 1. The van der Waals surface area contributed by atoms with Crippen molar-refractivity contribution in [1.82, 2.24) is 4.90 Å². The van der Waals surface area contributed by atoms with Crippen LogP contribution < -0.4 is 0 Å². The molecule has 4 heteroatoms. The summed E-state index contributed by atoms with van der Waals surface area (Å²) in [5.41, 5.74) is -0.224. The van der Waals surface area contributed by atoms with Crippen molar-refractivity contribution < 1.29 is 14.6 Å². The van der Waals surface area contributed by atoms with Crippen LogP contribution in [0, 0.1) is 11.8 Å². The van der Waals surface area contributed by atoms with E-state index in [1.165, 1.54) is 6.42 Å². The minimum atomic E-state index is -1.64. The molecule has 2 bridgehead atoms. The number of esters is 1. The van der Waals surface area contributed by atoms with E-state index in [4.69, 9.17) is 4.74 Å². The molecule has 1 aromatic rings. The van der Waals surface area contributed by atoms with Crippen LogP contribution in [-0.4, -0.2) is 42.2 Å². The van der Waals surface area contributed by atoms with Crippen molar-refractivity contribution in [2.24, 2.45) is 11.8 Å². The molecule has 26 heavy (non-hydrogen) atoms. The maximum Gasteiger partial charge on any atom is 0.347 e. The van der Waals surface area contributed by atoms with Crippen LogP contribution in [0.15, 0.2) is 42.0 Å². The monoisotopic (exact) mass is 355 g/mol. The van der Waals surface area contributed by atoms with Crippen molar-refractivity contribution in [2.45, 2.75) is 50.2 Å². The lowest BCUT2D eigenvalue weighted by Gasteiger charge is -2.46. The van der Waals surface area contributed by atoms with E-state index in [1.807, 2.05) is 36.4 Å². The van der Waals surface area contributed by atoms with Gasteiger partial charge in [-0.25, -0.2) is 4.79 Å². The van der Waals surface area contributed by atoms with E-state index >= 15 is 0 Å². The predicted octanol–water partition coefficient (Wildman–Crippen LogP) is 3.26. The number of likely N-dealkylation sites (tertiary alicyclic amines) is 1. The molecule has 2 unspecified atom stereocenters. The molecule has 0 radical (unpaired) electrons. The lowest BCUT2D eigenvalue weighted by atomic mass is 9.75. The first-order valence-electron chi connectivity index (χ1n) is 9.96. The molecule has 1 saturated carbocycles. The van der Waals surface area contributed by atoms with Crippen molar-refractivity contribution in [3.63, 3.8) is 0 Å². The average molecular weight is 355 g/mol.